The molecule has 2 N–H and O–H groups in total. The molecular weight excluding hydrogens is 194 g/mol. The van der Waals surface area contributed by atoms with Crippen molar-refractivity contribution in [2.24, 2.45) is 10.8 Å². The van der Waals surface area contributed by atoms with Gasteiger partial charge in [-0.2, -0.15) is 0 Å². The van der Waals surface area contributed by atoms with Crippen molar-refractivity contribution >= 4 is 11.3 Å². The van der Waals surface area contributed by atoms with Gasteiger partial charge in [-0.1, -0.05) is 52.0 Å². The second-order valence-electron chi connectivity index (χ2n) is 6.04. The summed E-state index contributed by atoms with van der Waals surface area (Å²) in [6.45, 7) is 9.27. The fourth-order valence-electron chi connectivity index (χ4n) is 2.35. The van der Waals surface area contributed by atoms with Gasteiger partial charge in [-0.25, -0.2) is 0 Å². The molecule has 1 aromatic carbocycles. The zero-order valence-corrected chi connectivity index (χ0v) is 10.7. The van der Waals surface area contributed by atoms with Crippen LogP contribution in [0.1, 0.15) is 39.7 Å². The maximum atomic E-state index is 6.04. The molecule has 0 aromatic heterocycles. The van der Waals surface area contributed by atoms with Crippen LogP contribution in [-0.2, 0) is 0 Å². The number of anilines is 1. The Hall–Kier alpha value is -1.24. The highest BCUT2D eigenvalue weighted by molar-refractivity contribution is 5.77. The highest BCUT2D eigenvalue weighted by Gasteiger charge is 2.41. The van der Waals surface area contributed by atoms with Crippen LogP contribution < -0.4 is 5.73 Å². The average Bonchev–Trinajstić information content (AvgIpc) is 2.36. The molecule has 2 rings (SSSR count). The molecule has 1 nitrogen and oxygen atoms in total. The lowest BCUT2D eigenvalue weighted by atomic mass is 9.70. The van der Waals surface area contributed by atoms with E-state index in [1.165, 1.54) is 11.1 Å². The van der Waals surface area contributed by atoms with Crippen LogP contribution in [0.4, 0.5) is 5.69 Å². The van der Waals surface area contributed by atoms with Gasteiger partial charge in [0, 0.05) is 11.3 Å². The molecule has 0 saturated carbocycles. The fourth-order valence-corrected chi connectivity index (χ4v) is 2.35. The summed E-state index contributed by atoms with van der Waals surface area (Å²) in [5, 5.41) is 0. The summed E-state index contributed by atoms with van der Waals surface area (Å²) in [7, 11) is 0. The van der Waals surface area contributed by atoms with E-state index in [4.69, 9.17) is 5.73 Å². The third kappa shape index (κ3) is 1.64. The van der Waals surface area contributed by atoms with Crippen molar-refractivity contribution in [1.82, 2.24) is 0 Å². The van der Waals surface area contributed by atoms with Gasteiger partial charge >= 0.3 is 0 Å². The molecule has 1 heteroatoms. The largest absolute Gasteiger partial charge is 0.398 e. The van der Waals surface area contributed by atoms with Crippen LogP contribution >= 0.6 is 0 Å². The first-order chi connectivity index (χ1) is 7.33. The lowest BCUT2D eigenvalue weighted by Crippen LogP contribution is -2.25. The Morgan fingerprint density at radius 2 is 1.69 bits per heavy atom. The molecule has 1 aliphatic rings. The second-order valence-corrected chi connectivity index (χ2v) is 6.04. The number of nitrogens with two attached hydrogens (primary N) is 1. The highest BCUT2D eigenvalue weighted by Crippen LogP contribution is 2.53. The molecule has 0 spiro atoms. The summed E-state index contributed by atoms with van der Waals surface area (Å²) in [4.78, 5) is 0. The minimum atomic E-state index is 0.241. The molecule has 0 unspecified atom stereocenters. The van der Waals surface area contributed by atoms with Crippen molar-refractivity contribution in [1.29, 1.82) is 0 Å². The zero-order chi connectivity index (χ0) is 12.0. The lowest BCUT2D eigenvalue weighted by Gasteiger charge is -2.34. The quantitative estimate of drug-likeness (QED) is 0.701. The lowest BCUT2D eigenvalue weighted by molar-refractivity contribution is 0.191. The van der Waals surface area contributed by atoms with Crippen LogP contribution in [-0.4, -0.2) is 0 Å². The van der Waals surface area contributed by atoms with Gasteiger partial charge in [0.1, 0.15) is 0 Å². The Bertz CT molecular complexity index is 439. The summed E-state index contributed by atoms with van der Waals surface area (Å²) in [5.41, 5.74) is 10.1. The summed E-state index contributed by atoms with van der Waals surface area (Å²) in [5.74, 6) is 0. The van der Waals surface area contributed by atoms with Crippen molar-refractivity contribution in [3.8, 4) is 0 Å². The molecule has 0 heterocycles. The molecule has 86 valence electrons. The molecule has 1 aromatic rings. The van der Waals surface area contributed by atoms with Crippen LogP contribution in [0.3, 0.4) is 0 Å². The predicted molar refractivity (Wildman–Crippen MR) is 71.0 cm³/mol. The van der Waals surface area contributed by atoms with Gasteiger partial charge in [-0.3, -0.25) is 0 Å². The van der Waals surface area contributed by atoms with Gasteiger partial charge < -0.3 is 5.73 Å². The number of nitrogen functional groups attached to an aromatic ring is 1. The normalized spacial score (nSPS) is 21.9. The molecule has 16 heavy (non-hydrogen) atoms. The van der Waals surface area contributed by atoms with Gasteiger partial charge in [0.15, 0.2) is 0 Å². The number of benzene rings is 1. The maximum Gasteiger partial charge on any atom is 0.0390 e. The third-order valence-electron chi connectivity index (χ3n) is 4.22. The molecule has 0 bridgehead atoms. The summed E-state index contributed by atoms with van der Waals surface area (Å²) < 4.78 is 0. The van der Waals surface area contributed by atoms with Crippen LogP contribution in [0.2, 0.25) is 0 Å². The minimum Gasteiger partial charge on any atom is -0.398 e. The SMILES string of the molecule is CC1(C)C=C(c2ccccc2N)CC1(C)C. The first-order valence-corrected chi connectivity index (χ1v) is 5.90. The number of rotatable bonds is 1. The van der Waals surface area contributed by atoms with Crippen LogP contribution in [0.5, 0.6) is 0 Å². The van der Waals surface area contributed by atoms with Crippen molar-refractivity contribution in [2.45, 2.75) is 34.1 Å². The van der Waals surface area contributed by atoms with E-state index in [1.54, 1.807) is 0 Å². The summed E-state index contributed by atoms with van der Waals surface area (Å²) >= 11 is 0. The predicted octanol–water partition coefficient (Wildman–Crippen LogP) is 4.11. The molecule has 0 amide bonds. The van der Waals surface area contributed by atoms with Gasteiger partial charge in [-0.05, 0) is 28.9 Å². The van der Waals surface area contributed by atoms with Gasteiger partial charge in [0.25, 0.3) is 0 Å². The Kier molecular flexibility index (Phi) is 2.37. The molecule has 1 aliphatic carbocycles. The average molecular weight is 215 g/mol. The summed E-state index contributed by atoms with van der Waals surface area (Å²) in [6.07, 6.45) is 3.49. The van der Waals surface area contributed by atoms with Crippen molar-refractivity contribution in [3.63, 3.8) is 0 Å². The Morgan fingerprint density at radius 1 is 1.06 bits per heavy atom. The van der Waals surface area contributed by atoms with Gasteiger partial charge in [0.05, 0.1) is 0 Å². The number of hydrogen-bond donors (Lipinski definition) is 1. The first-order valence-electron chi connectivity index (χ1n) is 5.90. The molecule has 0 radical (unpaired) electrons. The number of para-hydroxylation sites is 1. The topological polar surface area (TPSA) is 26.0 Å². The van der Waals surface area contributed by atoms with E-state index in [0.29, 0.717) is 5.41 Å². The van der Waals surface area contributed by atoms with Crippen molar-refractivity contribution in [3.05, 3.63) is 35.9 Å². The fraction of sp³-hybridized carbons (Fsp3) is 0.467. The van der Waals surface area contributed by atoms with Gasteiger partial charge in [0.2, 0.25) is 0 Å². The van der Waals surface area contributed by atoms with Crippen molar-refractivity contribution in [2.75, 3.05) is 5.73 Å². The number of hydrogen-bond acceptors (Lipinski definition) is 1. The van der Waals surface area contributed by atoms with E-state index in [1.807, 2.05) is 12.1 Å². The number of allylic oxidation sites excluding steroid dienone is 2. The Labute approximate surface area is 98.4 Å². The Morgan fingerprint density at radius 3 is 2.19 bits per heavy atom. The summed E-state index contributed by atoms with van der Waals surface area (Å²) in [6, 6.07) is 8.16. The minimum absolute atomic E-state index is 0.241. The highest BCUT2D eigenvalue weighted by atomic mass is 14.6. The molecule has 0 aliphatic heterocycles. The van der Waals surface area contributed by atoms with E-state index in [0.717, 1.165) is 12.1 Å². The van der Waals surface area contributed by atoms with E-state index in [2.05, 4.69) is 45.9 Å². The molecule has 0 atom stereocenters. The van der Waals surface area contributed by atoms with Crippen LogP contribution in [0.25, 0.3) is 5.57 Å². The molecule has 0 saturated heterocycles. The van der Waals surface area contributed by atoms with Gasteiger partial charge in [-0.15, -0.1) is 0 Å². The second kappa shape index (κ2) is 3.38. The van der Waals surface area contributed by atoms with Crippen LogP contribution in [0.15, 0.2) is 30.3 Å². The van der Waals surface area contributed by atoms with Crippen molar-refractivity contribution < 1.29 is 0 Å². The van der Waals surface area contributed by atoms with E-state index in [9.17, 15) is 0 Å². The van der Waals surface area contributed by atoms with E-state index < -0.39 is 0 Å². The third-order valence-corrected chi connectivity index (χ3v) is 4.22. The standard InChI is InChI=1S/C15H21N/c1-14(2)9-11(10-15(14,3)4)12-7-5-6-8-13(12)16/h5-9H,10,16H2,1-4H3. The first kappa shape index (κ1) is 11.3. The smallest absolute Gasteiger partial charge is 0.0390 e. The van der Waals surface area contributed by atoms with Crippen LogP contribution in [0, 0.1) is 10.8 Å². The zero-order valence-electron chi connectivity index (χ0n) is 10.7. The Balaban J connectivity index is 2.43. The van der Waals surface area contributed by atoms with E-state index >= 15 is 0 Å². The molecule has 0 fully saturated rings. The molecular formula is C15H21N. The van der Waals surface area contributed by atoms with E-state index in [-0.39, 0.29) is 5.41 Å². The maximum absolute atomic E-state index is 6.04. The monoisotopic (exact) mass is 215 g/mol.